The first-order chi connectivity index (χ1) is 14.5. The third-order valence-electron chi connectivity index (χ3n) is 4.06. The van der Waals surface area contributed by atoms with Crippen LogP contribution in [-0.4, -0.2) is 45.5 Å². The Morgan fingerprint density at radius 1 is 1.27 bits per heavy atom. The van der Waals surface area contributed by atoms with Crippen molar-refractivity contribution in [3.05, 3.63) is 47.3 Å². The van der Waals surface area contributed by atoms with Crippen LogP contribution in [0.5, 0.6) is 5.75 Å². The Balaban J connectivity index is 1.50. The van der Waals surface area contributed by atoms with Gasteiger partial charge in [0.1, 0.15) is 12.4 Å². The first-order valence-electron chi connectivity index (χ1n) is 9.37. The van der Waals surface area contributed by atoms with E-state index in [1.807, 2.05) is 53.3 Å². The fourth-order valence-corrected chi connectivity index (χ4v) is 4.16. The van der Waals surface area contributed by atoms with Crippen molar-refractivity contribution in [3.8, 4) is 16.5 Å². The van der Waals surface area contributed by atoms with Gasteiger partial charge in [0.05, 0.1) is 17.2 Å². The highest BCUT2D eigenvalue weighted by molar-refractivity contribution is 7.99. The van der Waals surface area contributed by atoms with E-state index in [0.29, 0.717) is 30.7 Å². The van der Waals surface area contributed by atoms with Crippen molar-refractivity contribution in [1.82, 2.24) is 20.1 Å². The number of amides is 2. The smallest absolute Gasteiger partial charge is 0.230 e. The summed E-state index contributed by atoms with van der Waals surface area (Å²) >= 11 is 2.80. The second-order valence-corrected chi connectivity index (χ2v) is 8.35. The maximum absolute atomic E-state index is 12.2. The Labute approximate surface area is 182 Å². The third-order valence-corrected chi connectivity index (χ3v) is 5.89. The summed E-state index contributed by atoms with van der Waals surface area (Å²) in [7, 11) is 0. The average Bonchev–Trinajstić information content (AvgIpc) is 3.37. The first-order valence-corrected chi connectivity index (χ1v) is 11.2. The van der Waals surface area contributed by atoms with E-state index in [2.05, 4.69) is 15.5 Å². The van der Waals surface area contributed by atoms with Gasteiger partial charge < -0.3 is 20.4 Å². The number of rotatable bonds is 11. The molecule has 10 heteroatoms. The molecule has 158 valence electrons. The van der Waals surface area contributed by atoms with E-state index >= 15 is 0 Å². The highest BCUT2D eigenvalue weighted by Gasteiger charge is 2.16. The van der Waals surface area contributed by atoms with Crippen LogP contribution in [0.4, 0.5) is 0 Å². The van der Waals surface area contributed by atoms with E-state index in [1.165, 1.54) is 23.1 Å². The molecule has 0 unspecified atom stereocenters. The molecule has 2 aromatic heterocycles. The number of aryl methyl sites for hydroxylation is 1. The van der Waals surface area contributed by atoms with Gasteiger partial charge >= 0.3 is 0 Å². The Kier molecular flexibility index (Phi) is 7.86. The monoisotopic (exact) mass is 445 g/mol. The minimum Gasteiger partial charge on any atom is -0.492 e. The number of nitrogens with two attached hydrogens (primary N) is 1. The van der Waals surface area contributed by atoms with Gasteiger partial charge in [-0.05, 0) is 36.1 Å². The topological polar surface area (TPSA) is 112 Å². The minimum absolute atomic E-state index is 0.130. The molecule has 3 aromatic rings. The first kappa shape index (κ1) is 21.8. The van der Waals surface area contributed by atoms with Gasteiger partial charge in [0, 0.05) is 13.0 Å². The van der Waals surface area contributed by atoms with Crippen molar-refractivity contribution in [2.24, 2.45) is 5.73 Å². The lowest BCUT2D eigenvalue weighted by molar-refractivity contribution is -0.119. The largest absolute Gasteiger partial charge is 0.492 e. The molecule has 0 saturated heterocycles. The zero-order chi connectivity index (χ0) is 21.3. The van der Waals surface area contributed by atoms with Gasteiger partial charge in [-0.3, -0.25) is 9.59 Å². The second-order valence-electron chi connectivity index (χ2n) is 6.46. The molecule has 0 saturated carbocycles. The van der Waals surface area contributed by atoms with Crippen molar-refractivity contribution in [2.75, 3.05) is 18.9 Å². The number of ether oxygens (including phenoxy) is 1. The van der Waals surface area contributed by atoms with E-state index in [1.54, 1.807) is 0 Å². The fourth-order valence-electron chi connectivity index (χ4n) is 2.65. The van der Waals surface area contributed by atoms with E-state index in [4.69, 9.17) is 10.5 Å². The SMILES string of the molecule is Cc1cccc(OCCNC(=O)CSc2nnc(-c3cccs3)n2CCC(N)=O)c1. The van der Waals surface area contributed by atoms with Crippen LogP contribution in [0, 0.1) is 6.92 Å². The van der Waals surface area contributed by atoms with Crippen molar-refractivity contribution < 1.29 is 14.3 Å². The summed E-state index contributed by atoms with van der Waals surface area (Å²) in [5.41, 5.74) is 6.42. The molecule has 2 amide bonds. The Bertz CT molecular complexity index is 988. The minimum atomic E-state index is -0.400. The molecule has 0 spiro atoms. The van der Waals surface area contributed by atoms with Crippen molar-refractivity contribution in [3.63, 3.8) is 0 Å². The van der Waals surface area contributed by atoms with Crippen LogP contribution in [0.15, 0.2) is 46.9 Å². The maximum atomic E-state index is 12.2. The summed E-state index contributed by atoms with van der Waals surface area (Å²) in [5.74, 6) is 1.10. The molecule has 0 aliphatic carbocycles. The fraction of sp³-hybridized carbons (Fsp3) is 0.300. The molecule has 8 nitrogen and oxygen atoms in total. The van der Waals surface area contributed by atoms with Gasteiger partial charge in [-0.15, -0.1) is 21.5 Å². The molecule has 1 aromatic carbocycles. The summed E-state index contributed by atoms with van der Waals surface area (Å²) in [5, 5.41) is 13.8. The van der Waals surface area contributed by atoms with E-state index < -0.39 is 5.91 Å². The molecular weight excluding hydrogens is 422 g/mol. The molecule has 0 bridgehead atoms. The van der Waals surface area contributed by atoms with Crippen LogP contribution in [0.2, 0.25) is 0 Å². The van der Waals surface area contributed by atoms with Gasteiger partial charge in [-0.1, -0.05) is 30.0 Å². The van der Waals surface area contributed by atoms with Gasteiger partial charge in [0.2, 0.25) is 11.8 Å². The number of hydrogen-bond acceptors (Lipinski definition) is 7. The van der Waals surface area contributed by atoms with Crippen LogP contribution in [0.25, 0.3) is 10.7 Å². The number of carbonyl (C=O) groups is 2. The number of thioether (sulfide) groups is 1. The predicted octanol–water partition coefficient (Wildman–Crippen LogP) is 2.48. The summed E-state index contributed by atoms with van der Waals surface area (Å²) < 4.78 is 7.46. The molecule has 0 aliphatic rings. The quantitative estimate of drug-likeness (QED) is 0.346. The Morgan fingerprint density at radius 2 is 2.13 bits per heavy atom. The average molecular weight is 446 g/mol. The molecule has 2 heterocycles. The number of thiophene rings is 1. The number of aromatic nitrogens is 3. The lowest BCUT2D eigenvalue weighted by Crippen LogP contribution is -2.29. The zero-order valence-corrected chi connectivity index (χ0v) is 18.2. The van der Waals surface area contributed by atoms with Gasteiger partial charge in [0.25, 0.3) is 0 Å². The van der Waals surface area contributed by atoms with Crippen LogP contribution in [-0.2, 0) is 16.1 Å². The Morgan fingerprint density at radius 3 is 2.87 bits per heavy atom. The highest BCUT2D eigenvalue weighted by atomic mass is 32.2. The molecule has 0 radical (unpaired) electrons. The predicted molar refractivity (Wildman–Crippen MR) is 118 cm³/mol. The molecule has 0 atom stereocenters. The van der Waals surface area contributed by atoms with E-state index in [9.17, 15) is 9.59 Å². The van der Waals surface area contributed by atoms with Crippen LogP contribution in [0.3, 0.4) is 0 Å². The summed E-state index contributed by atoms with van der Waals surface area (Å²) in [6.07, 6.45) is 0.173. The third kappa shape index (κ3) is 6.33. The summed E-state index contributed by atoms with van der Waals surface area (Å²) in [6.45, 7) is 3.15. The second kappa shape index (κ2) is 10.8. The standard InChI is InChI=1S/C20H23N5O3S2/c1-14-4-2-5-15(12-14)28-10-8-22-18(27)13-30-20-24-23-19(16-6-3-11-29-16)25(20)9-7-17(21)26/h2-6,11-12H,7-10,13H2,1H3,(H2,21,26)(H,22,27). The maximum Gasteiger partial charge on any atom is 0.230 e. The Hall–Kier alpha value is -2.85. The number of nitrogens with one attached hydrogen (secondary N) is 1. The van der Waals surface area contributed by atoms with Crippen LogP contribution >= 0.6 is 23.1 Å². The number of hydrogen-bond donors (Lipinski definition) is 2. The molecule has 0 fully saturated rings. The van der Waals surface area contributed by atoms with Gasteiger partial charge in [0.15, 0.2) is 11.0 Å². The lowest BCUT2D eigenvalue weighted by atomic mass is 10.2. The molecule has 30 heavy (non-hydrogen) atoms. The molecule has 3 N–H and O–H groups in total. The molecular formula is C20H23N5O3S2. The number of carbonyl (C=O) groups excluding carboxylic acids is 2. The summed E-state index contributed by atoms with van der Waals surface area (Å²) in [6, 6.07) is 11.6. The van der Waals surface area contributed by atoms with Crippen LogP contribution in [0.1, 0.15) is 12.0 Å². The highest BCUT2D eigenvalue weighted by Crippen LogP contribution is 2.27. The molecule has 0 aliphatic heterocycles. The number of nitrogens with zero attached hydrogens (tertiary/aromatic N) is 3. The van der Waals surface area contributed by atoms with Gasteiger partial charge in [-0.25, -0.2) is 0 Å². The number of primary amides is 1. The van der Waals surface area contributed by atoms with E-state index in [0.717, 1.165) is 16.2 Å². The zero-order valence-electron chi connectivity index (χ0n) is 16.5. The van der Waals surface area contributed by atoms with Crippen molar-refractivity contribution in [1.29, 1.82) is 0 Å². The molecule has 3 rings (SSSR count). The number of benzene rings is 1. The summed E-state index contributed by atoms with van der Waals surface area (Å²) in [4.78, 5) is 24.3. The normalized spacial score (nSPS) is 10.7. The van der Waals surface area contributed by atoms with E-state index in [-0.39, 0.29) is 18.1 Å². The van der Waals surface area contributed by atoms with Crippen LogP contribution < -0.4 is 15.8 Å². The van der Waals surface area contributed by atoms with Crippen molar-refractivity contribution in [2.45, 2.75) is 25.0 Å². The van der Waals surface area contributed by atoms with Gasteiger partial charge in [-0.2, -0.15) is 0 Å². The lowest BCUT2D eigenvalue weighted by Gasteiger charge is -2.09. The van der Waals surface area contributed by atoms with Crippen molar-refractivity contribution >= 4 is 34.9 Å².